The van der Waals surface area contributed by atoms with E-state index in [2.05, 4.69) is 12.4 Å². The maximum atomic E-state index is 6.13. The van der Waals surface area contributed by atoms with Crippen molar-refractivity contribution in [3.63, 3.8) is 0 Å². The Morgan fingerprint density at radius 1 is 1.05 bits per heavy atom. The summed E-state index contributed by atoms with van der Waals surface area (Å²) in [6.07, 6.45) is 14.1. The van der Waals surface area contributed by atoms with Crippen molar-refractivity contribution in [2.24, 2.45) is 17.8 Å². The van der Waals surface area contributed by atoms with Gasteiger partial charge in [0.25, 0.3) is 0 Å². The molecule has 2 saturated carbocycles. The predicted octanol–water partition coefficient (Wildman–Crippen LogP) is 3.75. The molecular formula is C17H31NO. The Morgan fingerprint density at radius 2 is 1.89 bits per heavy atom. The van der Waals surface area contributed by atoms with Gasteiger partial charge in [-0.3, -0.25) is 0 Å². The second-order valence-electron chi connectivity index (χ2n) is 7.26. The van der Waals surface area contributed by atoms with E-state index in [0.29, 0.717) is 5.60 Å². The van der Waals surface area contributed by atoms with Crippen molar-refractivity contribution in [3.05, 3.63) is 0 Å². The molecular weight excluding hydrogens is 234 g/mol. The maximum absolute atomic E-state index is 6.13. The molecule has 3 atom stereocenters. The third-order valence-electron chi connectivity index (χ3n) is 6.09. The first-order chi connectivity index (χ1) is 9.33. The van der Waals surface area contributed by atoms with Crippen molar-refractivity contribution in [3.8, 4) is 0 Å². The molecule has 3 rings (SSSR count). The zero-order valence-corrected chi connectivity index (χ0v) is 12.6. The second kappa shape index (κ2) is 6.13. The highest BCUT2D eigenvalue weighted by molar-refractivity contribution is 4.96. The van der Waals surface area contributed by atoms with Gasteiger partial charge < -0.3 is 10.1 Å². The zero-order chi connectivity index (χ0) is 13.1. The molecule has 0 amide bonds. The summed E-state index contributed by atoms with van der Waals surface area (Å²) < 4.78 is 6.13. The highest BCUT2D eigenvalue weighted by atomic mass is 16.5. The van der Waals surface area contributed by atoms with Gasteiger partial charge in [0.15, 0.2) is 0 Å². The van der Waals surface area contributed by atoms with Gasteiger partial charge in [0.1, 0.15) is 0 Å². The molecule has 1 saturated heterocycles. The molecule has 1 N–H and O–H groups in total. The molecule has 0 bridgehead atoms. The summed E-state index contributed by atoms with van der Waals surface area (Å²) >= 11 is 0. The molecule has 0 aromatic heterocycles. The summed E-state index contributed by atoms with van der Waals surface area (Å²) in [6, 6.07) is 0. The van der Waals surface area contributed by atoms with Crippen LogP contribution < -0.4 is 5.32 Å². The lowest BCUT2D eigenvalue weighted by molar-refractivity contribution is -0.153. The summed E-state index contributed by atoms with van der Waals surface area (Å²) in [6.45, 7) is 2.27. The van der Waals surface area contributed by atoms with Crippen molar-refractivity contribution < 1.29 is 4.74 Å². The SMILES string of the molecule is CNCC1CCCCCC1C1CCOC2(CCC2)C1. The van der Waals surface area contributed by atoms with Crippen molar-refractivity contribution in [2.75, 3.05) is 20.2 Å². The quantitative estimate of drug-likeness (QED) is 0.785. The zero-order valence-electron chi connectivity index (χ0n) is 12.6. The Hall–Kier alpha value is -0.0800. The molecule has 19 heavy (non-hydrogen) atoms. The van der Waals surface area contributed by atoms with E-state index in [-0.39, 0.29) is 0 Å². The van der Waals surface area contributed by atoms with Crippen LogP contribution in [-0.2, 0) is 4.74 Å². The monoisotopic (exact) mass is 265 g/mol. The average molecular weight is 265 g/mol. The third kappa shape index (κ3) is 3.00. The number of ether oxygens (including phenoxy) is 1. The molecule has 0 aromatic rings. The Balaban J connectivity index is 1.66. The van der Waals surface area contributed by atoms with E-state index in [4.69, 9.17) is 4.74 Å². The topological polar surface area (TPSA) is 21.3 Å². The minimum Gasteiger partial charge on any atom is -0.375 e. The Morgan fingerprint density at radius 3 is 2.63 bits per heavy atom. The smallest absolute Gasteiger partial charge is 0.0685 e. The van der Waals surface area contributed by atoms with Crippen LogP contribution >= 0.6 is 0 Å². The van der Waals surface area contributed by atoms with Crippen LogP contribution in [0.2, 0.25) is 0 Å². The minimum atomic E-state index is 0.333. The predicted molar refractivity (Wildman–Crippen MR) is 79.2 cm³/mol. The lowest BCUT2D eigenvalue weighted by Crippen LogP contribution is -2.48. The van der Waals surface area contributed by atoms with Crippen molar-refractivity contribution in [1.29, 1.82) is 0 Å². The molecule has 2 nitrogen and oxygen atoms in total. The lowest BCUT2D eigenvalue weighted by Gasteiger charge is -2.49. The van der Waals surface area contributed by atoms with Gasteiger partial charge in [0.05, 0.1) is 5.60 Å². The molecule has 3 fully saturated rings. The van der Waals surface area contributed by atoms with Gasteiger partial charge in [-0.15, -0.1) is 0 Å². The first kappa shape index (κ1) is 13.9. The number of rotatable bonds is 3. The van der Waals surface area contributed by atoms with Gasteiger partial charge in [0.2, 0.25) is 0 Å². The molecule has 2 heteroatoms. The second-order valence-corrected chi connectivity index (χ2v) is 7.26. The van der Waals surface area contributed by atoms with E-state index >= 15 is 0 Å². The fourth-order valence-corrected chi connectivity index (χ4v) is 4.90. The minimum absolute atomic E-state index is 0.333. The van der Waals surface area contributed by atoms with Crippen LogP contribution in [-0.4, -0.2) is 25.8 Å². The van der Waals surface area contributed by atoms with E-state index in [1.54, 1.807) is 0 Å². The van der Waals surface area contributed by atoms with Gasteiger partial charge >= 0.3 is 0 Å². The van der Waals surface area contributed by atoms with E-state index in [0.717, 1.165) is 24.4 Å². The summed E-state index contributed by atoms with van der Waals surface area (Å²) in [4.78, 5) is 0. The number of nitrogens with one attached hydrogen (secondary N) is 1. The molecule has 1 aliphatic heterocycles. The summed E-state index contributed by atoms with van der Waals surface area (Å²) in [5.74, 6) is 2.84. The van der Waals surface area contributed by atoms with Gasteiger partial charge in [-0.05, 0) is 76.3 Å². The van der Waals surface area contributed by atoms with Crippen LogP contribution in [0.4, 0.5) is 0 Å². The van der Waals surface area contributed by atoms with Crippen LogP contribution in [0.3, 0.4) is 0 Å². The van der Waals surface area contributed by atoms with E-state index in [9.17, 15) is 0 Å². The normalized spacial score (nSPS) is 38.7. The van der Waals surface area contributed by atoms with E-state index in [1.165, 1.54) is 70.8 Å². The highest BCUT2D eigenvalue weighted by Gasteiger charge is 2.45. The molecule has 0 radical (unpaired) electrons. The molecule has 1 heterocycles. The molecule has 0 aromatic carbocycles. The molecule has 2 aliphatic carbocycles. The lowest BCUT2D eigenvalue weighted by atomic mass is 9.66. The van der Waals surface area contributed by atoms with Gasteiger partial charge in [0, 0.05) is 6.61 Å². The summed E-state index contributed by atoms with van der Waals surface area (Å²) in [7, 11) is 2.12. The summed E-state index contributed by atoms with van der Waals surface area (Å²) in [5, 5.41) is 3.45. The average Bonchev–Trinajstić information content (AvgIpc) is 2.63. The fraction of sp³-hybridized carbons (Fsp3) is 1.00. The van der Waals surface area contributed by atoms with Crippen molar-refractivity contribution >= 4 is 0 Å². The fourth-order valence-electron chi connectivity index (χ4n) is 4.90. The largest absolute Gasteiger partial charge is 0.375 e. The van der Waals surface area contributed by atoms with Gasteiger partial charge in [-0.1, -0.05) is 19.3 Å². The Bertz CT molecular complexity index is 287. The first-order valence-corrected chi connectivity index (χ1v) is 8.61. The molecule has 3 aliphatic rings. The van der Waals surface area contributed by atoms with Gasteiger partial charge in [-0.2, -0.15) is 0 Å². The number of hydrogen-bond donors (Lipinski definition) is 1. The first-order valence-electron chi connectivity index (χ1n) is 8.61. The number of hydrogen-bond acceptors (Lipinski definition) is 2. The van der Waals surface area contributed by atoms with E-state index in [1.807, 2.05) is 0 Å². The highest BCUT2D eigenvalue weighted by Crippen LogP contribution is 2.48. The molecule has 3 unspecified atom stereocenters. The Kier molecular flexibility index (Phi) is 4.48. The van der Waals surface area contributed by atoms with Crippen LogP contribution in [0.1, 0.15) is 64.2 Å². The molecule has 110 valence electrons. The summed E-state index contributed by atoms with van der Waals surface area (Å²) in [5.41, 5.74) is 0.333. The third-order valence-corrected chi connectivity index (χ3v) is 6.09. The van der Waals surface area contributed by atoms with Gasteiger partial charge in [-0.25, -0.2) is 0 Å². The van der Waals surface area contributed by atoms with Crippen LogP contribution in [0.25, 0.3) is 0 Å². The van der Waals surface area contributed by atoms with Crippen LogP contribution in [0, 0.1) is 17.8 Å². The Labute approximate surface area is 118 Å². The van der Waals surface area contributed by atoms with Crippen LogP contribution in [0.5, 0.6) is 0 Å². The standard InChI is InChI=1S/C17H31NO/c1-18-13-15-6-3-2-4-7-16(15)14-8-11-19-17(12-14)9-5-10-17/h14-16,18H,2-13H2,1H3. The maximum Gasteiger partial charge on any atom is 0.0685 e. The van der Waals surface area contributed by atoms with Crippen molar-refractivity contribution in [2.45, 2.75) is 69.8 Å². The van der Waals surface area contributed by atoms with Crippen LogP contribution in [0.15, 0.2) is 0 Å². The van der Waals surface area contributed by atoms with E-state index < -0.39 is 0 Å². The van der Waals surface area contributed by atoms with Crippen molar-refractivity contribution in [1.82, 2.24) is 5.32 Å². The molecule has 1 spiro atoms.